The van der Waals surface area contributed by atoms with Crippen LogP contribution in [0.5, 0.6) is 5.75 Å². The molecule has 0 aliphatic carbocycles. The van der Waals surface area contributed by atoms with Crippen molar-refractivity contribution < 1.29 is 4.74 Å². The van der Waals surface area contributed by atoms with E-state index in [4.69, 9.17) is 4.74 Å². The zero-order valence-corrected chi connectivity index (χ0v) is 14.6. The van der Waals surface area contributed by atoms with E-state index in [1.165, 1.54) is 30.5 Å². The van der Waals surface area contributed by atoms with E-state index in [0.29, 0.717) is 0 Å². The molecule has 3 heterocycles. The second kappa shape index (κ2) is 7.39. The number of hydrogen-bond acceptors (Lipinski definition) is 2. The Bertz CT molecular complexity index is 776. The molecule has 0 radical (unpaired) electrons. The summed E-state index contributed by atoms with van der Waals surface area (Å²) in [4.78, 5) is 11.4. The highest BCUT2D eigenvalue weighted by Crippen LogP contribution is 2.31. The number of ether oxygens (including phenoxy) is 1. The third kappa shape index (κ3) is 3.37. The van der Waals surface area contributed by atoms with Crippen LogP contribution in [0, 0.1) is 6.92 Å². The quantitative estimate of drug-likeness (QED) is 0.707. The van der Waals surface area contributed by atoms with Gasteiger partial charge in [-0.1, -0.05) is 19.8 Å². The number of H-pyrrole nitrogens is 2. The van der Waals surface area contributed by atoms with Crippen LogP contribution in [-0.2, 0) is 6.42 Å². The van der Waals surface area contributed by atoms with Crippen molar-refractivity contribution in [2.24, 2.45) is 4.99 Å². The molecule has 4 heteroatoms. The summed E-state index contributed by atoms with van der Waals surface area (Å²) >= 11 is 0. The van der Waals surface area contributed by atoms with Crippen LogP contribution in [0.3, 0.4) is 0 Å². The molecule has 2 aromatic heterocycles. The number of aliphatic imine (C=N–C) groups is 1. The fourth-order valence-electron chi connectivity index (χ4n) is 3.07. The van der Waals surface area contributed by atoms with Gasteiger partial charge in [-0.05, 0) is 43.5 Å². The first kappa shape index (κ1) is 16.4. The maximum atomic E-state index is 5.32. The van der Waals surface area contributed by atoms with Gasteiger partial charge in [0.15, 0.2) is 0 Å². The van der Waals surface area contributed by atoms with Crippen molar-refractivity contribution in [3.63, 3.8) is 0 Å². The standard InChI is InChI=1S/C20H25N3O/c1-4-5-6-8-15-11-19(23-14(15)2)20(17-9-7-10-21-17)18-12-16(24-3)13-22-18/h7,9-13,22-23H,4-6,8H2,1-3H3/b20-17-. The smallest absolute Gasteiger partial charge is 0.136 e. The lowest BCUT2D eigenvalue weighted by Crippen LogP contribution is -1.92. The van der Waals surface area contributed by atoms with Gasteiger partial charge in [0.2, 0.25) is 0 Å². The molecule has 1 aliphatic heterocycles. The van der Waals surface area contributed by atoms with Gasteiger partial charge < -0.3 is 14.7 Å². The van der Waals surface area contributed by atoms with Gasteiger partial charge in [0.05, 0.1) is 24.2 Å². The number of aryl methyl sites for hydroxylation is 2. The predicted molar refractivity (Wildman–Crippen MR) is 99.8 cm³/mol. The summed E-state index contributed by atoms with van der Waals surface area (Å²) in [6.45, 7) is 4.39. The minimum Gasteiger partial charge on any atom is -0.495 e. The zero-order chi connectivity index (χ0) is 16.9. The Labute approximate surface area is 143 Å². The van der Waals surface area contributed by atoms with E-state index in [1.54, 1.807) is 7.11 Å². The van der Waals surface area contributed by atoms with E-state index in [0.717, 1.165) is 34.8 Å². The van der Waals surface area contributed by atoms with Gasteiger partial charge in [-0.2, -0.15) is 0 Å². The number of aromatic nitrogens is 2. The first-order chi connectivity index (χ1) is 11.7. The maximum Gasteiger partial charge on any atom is 0.136 e. The number of nitrogens with one attached hydrogen (secondary N) is 2. The van der Waals surface area contributed by atoms with E-state index in [1.807, 2.05) is 30.6 Å². The molecule has 24 heavy (non-hydrogen) atoms. The Balaban J connectivity index is 1.98. The summed E-state index contributed by atoms with van der Waals surface area (Å²) in [6.07, 6.45) is 12.6. The van der Waals surface area contributed by atoms with Gasteiger partial charge in [-0.15, -0.1) is 0 Å². The number of methoxy groups -OCH3 is 1. The highest BCUT2D eigenvalue weighted by atomic mass is 16.5. The van der Waals surface area contributed by atoms with Crippen LogP contribution in [-0.4, -0.2) is 23.3 Å². The van der Waals surface area contributed by atoms with Gasteiger partial charge in [-0.25, -0.2) is 0 Å². The topological polar surface area (TPSA) is 53.2 Å². The molecule has 0 atom stereocenters. The van der Waals surface area contributed by atoms with E-state index >= 15 is 0 Å². The summed E-state index contributed by atoms with van der Waals surface area (Å²) in [5, 5.41) is 0. The van der Waals surface area contributed by atoms with Crippen molar-refractivity contribution in [1.29, 1.82) is 0 Å². The van der Waals surface area contributed by atoms with Crippen LogP contribution in [0.25, 0.3) is 5.57 Å². The maximum absolute atomic E-state index is 5.32. The lowest BCUT2D eigenvalue weighted by atomic mass is 10.0. The molecule has 0 unspecified atom stereocenters. The van der Waals surface area contributed by atoms with E-state index in [-0.39, 0.29) is 0 Å². The summed E-state index contributed by atoms with van der Waals surface area (Å²) in [5.74, 6) is 0.820. The molecule has 2 N–H and O–H groups in total. The normalized spacial score (nSPS) is 15.3. The van der Waals surface area contributed by atoms with Crippen LogP contribution < -0.4 is 4.74 Å². The fraction of sp³-hybridized carbons (Fsp3) is 0.350. The number of hydrogen-bond donors (Lipinski definition) is 2. The molecule has 0 aromatic carbocycles. The van der Waals surface area contributed by atoms with Gasteiger partial charge >= 0.3 is 0 Å². The second-order valence-electron chi connectivity index (χ2n) is 6.14. The molecular weight excluding hydrogens is 298 g/mol. The predicted octanol–water partition coefficient (Wildman–Crippen LogP) is 4.79. The monoisotopic (exact) mass is 323 g/mol. The fourth-order valence-corrected chi connectivity index (χ4v) is 3.07. The van der Waals surface area contributed by atoms with Crippen LogP contribution in [0.4, 0.5) is 0 Å². The molecule has 126 valence electrons. The summed E-state index contributed by atoms with van der Waals surface area (Å²) in [6, 6.07) is 4.28. The molecule has 0 spiro atoms. The first-order valence-corrected chi connectivity index (χ1v) is 8.59. The van der Waals surface area contributed by atoms with Crippen LogP contribution >= 0.6 is 0 Å². The molecule has 0 saturated heterocycles. The third-order valence-corrected chi connectivity index (χ3v) is 4.41. The molecule has 1 aliphatic rings. The molecule has 0 saturated carbocycles. The van der Waals surface area contributed by atoms with E-state index < -0.39 is 0 Å². The molecule has 3 rings (SSSR count). The summed E-state index contributed by atoms with van der Waals surface area (Å²) < 4.78 is 5.32. The van der Waals surface area contributed by atoms with Crippen molar-refractivity contribution in [2.45, 2.75) is 39.5 Å². The largest absolute Gasteiger partial charge is 0.495 e. The minimum atomic E-state index is 0.820. The van der Waals surface area contributed by atoms with Crippen molar-refractivity contribution in [1.82, 2.24) is 9.97 Å². The Morgan fingerprint density at radius 2 is 2.08 bits per heavy atom. The second-order valence-corrected chi connectivity index (χ2v) is 6.14. The highest BCUT2D eigenvalue weighted by Gasteiger charge is 2.17. The molecule has 2 aromatic rings. The SMILES string of the molecule is CCCCCc1cc(/C(=C2/C=CC=N2)c2cc(OC)c[nH]2)[nH]c1C. The summed E-state index contributed by atoms with van der Waals surface area (Å²) in [5.41, 5.74) is 6.77. The van der Waals surface area contributed by atoms with Crippen LogP contribution in [0.2, 0.25) is 0 Å². The third-order valence-electron chi connectivity index (χ3n) is 4.41. The average molecular weight is 323 g/mol. The van der Waals surface area contributed by atoms with Crippen molar-refractivity contribution in [2.75, 3.05) is 7.11 Å². The Morgan fingerprint density at radius 1 is 1.21 bits per heavy atom. The minimum absolute atomic E-state index is 0.820. The number of unbranched alkanes of at least 4 members (excludes halogenated alkanes) is 2. The van der Waals surface area contributed by atoms with Crippen LogP contribution in [0.1, 0.15) is 48.8 Å². The Morgan fingerprint density at radius 3 is 2.75 bits per heavy atom. The number of aromatic amines is 2. The van der Waals surface area contributed by atoms with Crippen LogP contribution in [0.15, 0.2) is 41.2 Å². The first-order valence-electron chi connectivity index (χ1n) is 8.59. The number of allylic oxidation sites excluding steroid dienone is 2. The number of rotatable bonds is 7. The number of nitrogens with zero attached hydrogens (tertiary/aromatic N) is 1. The average Bonchev–Trinajstić information content (AvgIpc) is 3.31. The molecule has 0 amide bonds. The lowest BCUT2D eigenvalue weighted by molar-refractivity contribution is 0.415. The van der Waals surface area contributed by atoms with Crippen molar-refractivity contribution in [3.8, 4) is 5.75 Å². The Kier molecular flexibility index (Phi) is 5.04. The van der Waals surface area contributed by atoms with Crippen molar-refractivity contribution >= 4 is 11.8 Å². The van der Waals surface area contributed by atoms with E-state index in [2.05, 4.69) is 34.9 Å². The van der Waals surface area contributed by atoms with Gasteiger partial charge in [0.25, 0.3) is 0 Å². The molecular formula is C20H25N3O. The summed E-state index contributed by atoms with van der Waals surface area (Å²) in [7, 11) is 1.68. The lowest BCUT2D eigenvalue weighted by Gasteiger charge is -2.05. The van der Waals surface area contributed by atoms with Gasteiger partial charge in [0.1, 0.15) is 5.75 Å². The Hall–Kier alpha value is -2.49. The zero-order valence-electron chi connectivity index (χ0n) is 14.6. The molecule has 0 bridgehead atoms. The van der Waals surface area contributed by atoms with Crippen molar-refractivity contribution in [3.05, 3.63) is 58.8 Å². The highest BCUT2D eigenvalue weighted by molar-refractivity contribution is 5.87. The van der Waals surface area contributed by atoms with Gasteiger partial charge in [-0.3, -0.25) is 4.99 Å². The van der Waals surface area contributed by atoms with E-state index in [9.17, 15) is 0 Å². The van der Waals surface area contributed by atoms with Gasteiger partial charge in [0, 0.05) is 29.7 Å². The molecule has 4 nitrogen and oxygen atoms in total. The molecule has 0 fully saturated rings.